The Morgan fingerprint density at radius 2 is 1.87 bits per heavy atom. The van der Waals surface area contributed by atoms with E-state index >= 15 is 0 Å². The lowest BCUT2D eigenvalue weighted by molar-refractivity contribution is -0.118. The first-order valence-corrected chi connectivity index (χ1v) is 12.5. The quantitative estimate of drug-likeness (QED) is 0.653. The monoisotopic (exact) mass is 462 g/mol. The minimum Gasteiger partial charge on any atom is -0.492 e. The number of rotatable bonds is 7. The van der Waals surface area contributed by atoms with Crippen LogP contribution in [-0.4, -0.2) is 38.3 Å². The summed E-state index contributed by atoms with van der Waals surface area (Å²) in [5.41, 5.74) is 0.599. The third-order valence-electron chi connectivity index (χ3n) is 6.01. The molecule has 4 rings (SSSR count). The smallest absolute Gasteiger partial charge is 0.243 e. The fourth-order valence-electron chi connectivity index (χ4n) is 4.10. The van der Waals surface area contributed by atoms with Crippen LogP contribution in [0.5, 0.6) is 5.75 Å². The molecule has 0 aromatic heterocycles. The summed E-state index contributed by atoms with van der Waals surface area (Å²) < 4.78 is 33.4. The van der Waals surface area contributed by atoms with Gasteiger partial charge in [0.25, 0.3) is 0 Å². The molecule has 1 aliphatic heterocycles. The lowest BCUT2D eigenvalue weighted by Crippen LogP contribution is -2.35. The molecule has 1 amide bonds. The Morgan fingerprint density at radius 1 is 1.13 bits per heavy atom. The molecule has 1 saturated carbocycles. The van der Waals surface area contributed by atoms with Gasteiger partial charge in [-0.2, -0.15) is 4.31 Å². The van der Waals surface area contributed by atoms with Crippen LogP contribution in [0.2, 0.25) is 5.02 Å². The molecular formula is C23H27ClN2O4S. The van der Waals surface area contributed by atoms with Crippen LogP contribution in [0.25, 0.3) is 0 Å². The Labute approximate surface area is 188 Å². The molecule has 0 atom stereocenters. The van der Waals surface area contributed by atoms with E-state index in [9.17, 15) is 13.2 Å². The molecular weight excluding hydrogens is 436 g/mol. The highest BCUT2D eigenvalue weighted by molar-refractivity contribution is 7.89. The molecule has 2 aromatic rings. The van der Waals surface area contributed by atoms with Crippen molar-refractivity contribution in [2.45, 2.75) is 49.3 Å². The molecule has 0 spiro atoms. The number of amides is 1. The highest BCUT2D eigenvalue weighted by Crippen LogP contribution is 2.49. The summed E-state index contributed by atoms with van der Waals surface area (Å²) in [5, 5.41) is 3.53. The maximum absolute atomic E-state index is 13.3. The molecule has 0 unspecified atom stereocenters. The Hall–Kier alpha value is -2.09. The van der Waals surface area contributed by atoms with Crippen molar-refractivity contribution >= 4 is 33.2 Å². The van der Waals surface area contributed by atoms with Crippen molar-refractivity contribution in [3.05, 3.63) is 53.1 Å². The van der Waals surface area contributed by atoms with E-state index in [1.165, 1.54) is 10.4 Å². The SMILES string of the molecule is CCOc1ccc(S(=O)(=O)N2CCCCC2)cc1NC(=O)C1(c2cccc(Cl)c2)CC1. The number of carbonyl (C=O) groups is 1. The van der Waals surface area contributed by atoms with E-state index < -0.39 is 15.4 Å². The number of sulfonamides is 1. The summed E-state index contributed by atoms with van der Waals surface area (Å²) >= 11 is 6.13. The van der Waals surface area contributed by atoms with Crippen LogP contribution in [0.3, 0.4) is 0 Å². The van der Waals surface area contributed by atoms with Gasteiger partial charge in [-0.25, -0.2) is 8.42 Å². The van der Waals surface area contributed by atoms with Crippen molar-refractivity contribution < 1.29 is 17.9 Å². The third kappa shape index (κ3) is 4.45. The summed E-state index contributed by atoms with van der Waals surface area (Å²) in [5.74, 6) is 0.276. The largest absolute Gasteiger partial charge is 0.492 e. The standard InChI is InChI=1S/C23H27ClN2O4S/c1-2-30-21-10-9-19(31(28,29)26-13-4-3-5-14-26)16-20(21)25-22(27)23(11-12-23)17-7-6-8-18(24)15-17/h6-10,15-16H,2-5,11-14H2,1H3,(H,25,27). The van der Waals surface area contributed by atoms with E-state index in [0.29, 0.717) is 36.2 Å². The first kappa shape index (κ1) is 22.1. The topological polar surface area (TPSA) is 75.7 Å². The van der Waals surface area contributed by atoms with Crippen LogP contribution >= 0.6 is 11.6 Å². The number of benzene rings is 2. The molecule has 6 nitrogen and oxygen atoms in total. The first-order valence-electron chi connectivity index (χ1n) is 10.7. The van der Waals surface area contributed by atoms with Gasteiger partial charge < -0.3 is 10.1 Å². The lowest BCUT2D eigenvalue weighted by Gasteiger charge is -2.26. The Bertz CT molecular complexity index is 1080. The fraction of sp³-hybridized carbons (Fsp3) is 0.435. The van der Waals surface area contributed by atoms with Gasteiger partial charge in [-0.15, -0.1) is 0 Å². The lowest BCUT2D eigenvalue weighted by atomic mass is 9.95. The average molecular weight is 463 g/mol. The molecule has 1 heterocycles. The number of carbonyl (C=O) groups excluding carboxylic acids is 1. The molecule has 166 valence electrons. The van der Waals surface area contributed by atoms with Crippen LogP contribution in [0.4, 0.5) is 5.69 Å². The minimum absolute atomic E-state index is 0.167. The average Bonchev–Trinajstić information content (AvgIpc) is 3.58. The predicted octanol–water partition coefficient (Wildman–Crippen LogP) is 4.58. The molecule has 0 radical (unpaired) electrons. The van der Waals surface area contributed by atoms with Gasteiger partial charge in [-0.1, -0.05) is 30.2 Å². The minimum atomic E-state index is -3.62. The number of nitrogens with zero attached hydrogens (tertiary/aromatic N) is 1. The number of halogens is 1. The maximum Gasteiger partial charge on any atom is 0.243 e. The van der Waals surface area contributed by atoms with Crippen molar-refractivity contribution in [2.24, 2.45) is 0 Å². The third-order valence-corrected chi connectivity index (χ3v) is 8.14. The summed E-state index contributed by atoms with van der Waals surface area (Å²) in [6.45, 7) is 3.29. The van der Waals surface area contributed by atoms with E-state index in [-0.39, 0.29) is 10.8 Å². The van der Waals surface area contributed by atoms with Crippen molar-refractivity contribution in [1.29, 1.82) is 0 Å². The number of nitrogens with one attached hydrogen (secondary N) is 1. The van der Waals surface area contributed by atoms with Gasteiger partial charge in [0.15, 0.2) is 0 Å². The molecule has 8 heteroatoms. The van der Waals surface area contributed by atoms with Gasteiger partial charge in [-0.3, -0.25) is 4.79 Å². The second-order valence-electron chi connectivity index (χ2n) is 8.10. The van der Waals surface area contributed by atoms with Crippen LogP contribution in [-0.2, 0) is 20.2 Å². The first-order chi connectivity index (χ1) is 14.9. The number of ether oxygens (including phenoxy) is 1. The van der Waals surface area contributed by atoms with Gasteiger partial charge >= 0.3 is 0 Å². The Balaban J connectivity index is 1.64. The number of anilines is 1. The van der Waals surface area contributed by atoms with Crippen molar-refractivity contribution in [1.82, 2.24) is 4.31 Å². The molecule has 2 fully saturated rings. The van der Waals surface area contributed by atoms with Gasteiger partial charge in [0.1, 0.15) is 5.75 Å². The van der Waals surface area contributed by atoms with E-state index in [1.807, 2.05) is 25.1 Å². The molecule has 1 aliphatic carbocycles. The maximum atomic E-state index is 13.3. The van der Waals surface area contributed by atoms with Crippen LogP contribution in [0.15, 0.2) is 47.4 Å². The molecule has 1 N–H and O–H groups in total. The van der Waals surface area contributed by atoms with Gasteiger partial charge in [0, 0.05) is 18.1 Å². The molecule has 31 heavy (non-hydrogen) atoms. The van der Waals surface area contributed by atoms with E-state index in [4.69, 9.17) is 16.3 Å². The molecule has 0 bridgehead atoms. The van der Waals surface area contributed by atoms with Gasteiger partial charge in [0.05, 0.1) is 22.6 Å². The highest BCUT2D eigenvalue weighted by Gasteiger charge is 2.51. The number of hydrogen-bond acceptors (Lipinski definition) is 4. The van der Waals surface area contributed by atoms with Crippen molar-refractivity contribution in [3.8, 4) is 5.75 Å². The molecule has 2 aliphatic rings. The summed E-state index contributed by atoms with van der Waals surface area (Å²) in [7, 11) is -3.62. The number of hydrogen-bond donors (Lipinski definition) is 1. The van der Waals surface area contributed by atoms with Crippen LogP contribution in [0, 0.1) is 0 Å². The van der Waals surface area contributed by atoms with Crippen LogP contribution < -0.4 is 10.1 Å². The second kappa shape index (κ2) is 8.81. The highest BCUT2D eigenvalue weighted by atomic mass is 35.5. The van der Waals surface area contributed by atoms with E-state index in [1.54, 1.807) is 18.2 Å². The summed E-state index contributed by atoms with van der Waals surface area (Å²) in [6, 6.07) is 12.0. The van der Waals surface area contributed by atoms with E-state index in [2.05, 4.69) is 5.32 Å². The second-order valence-corrected chi connectivity index (χ2v) is 10.5. The van der Waals surface area contributed by atoms with E-state index in [0.717, 1.165) is 37.7 Å². The van der Waals surface area contributed by atoms with Crippen molar-refractivity contribution in [3.63, 3.8) is 0 Å². The zero-order valence-corrected chi connectivity index (χ0v) is 19.1. The summed E-state index contributed by atoms with van der Waals surface area (Å²) in [4.78, 5) is 13.4. The number of piperidine rings is 1. The predicted molar refractivity (Wildman–Crippen MR) is 121 cm³/mol. The summed E-state index contributed by atoms with van der Waals surface area (Å²) in [6.07, 6.45) is 4.20. The van der Waals surface area contributed by atoms with Gasteiger partial charge in [-0.05, 0) is 68.5 Å². The van der Waals surface area contributed by atoms with Crippen LogP contribution in [0.1, 0.15) is 44.6 Å². The normalized spacial score (nSPS) is 18.4. The van der Waals surface area contributed by atoms with Gasteiger partial charge in [0.2, 0.25) is 15.9 Å². The fourth-order valence-corrected chi connectivity index (χ4v) is 5.84. The zero-order valence-electron chi connectivity index (χ0n) is 17.6. The Kier molecular flexibility index (Phi) is 6.28. The zero-order chi connectivity index (χ0) is 22.1. The Morgan fingerprint density at radius 3 is 2.52 bits per heavy atom. The molecule has 1 saturated heterocycles. The van der Waals surface area contributed by atoms with Crippen molar-refractivity contribution in [2.75, 3.05) is 25.0 Å². The molecule has 2 aromatic carbocycles.